The van der Waals surface area contributed by atoms with Gasteiger partial charge in [-0.05, 0) is 38.6 Å². The van der Waals surface area contributed by atoms with Crippen LogP contribution >= 0.6 is 0 Å². The molecule has 1 unspecified atom stereocenters. The Morgan fingerprint density at radius 3 is 2.31 bits per heavy atom. The minimum absolute atomic E-state index is 0.138. The first-order chi connectivity index (χ1) is 7.59. The van der Waals surface area contributed by atoms with Gasteiger partial charge in [0.2, 0.25) is 0 Å². The third-order valence-corrected chi connectivity index (χ3v) is 3.76. The maximum atomic E-state index is 6.34. The maximum Gasteiger partial charge on any atom is 0.0810 e. The molecule has 1 atom stereocenters. The molecule has 1 aliphatic rings. The zero-order valence-electron chi connectivity index (χ0n) is 11.5. The van der Waals surface area contributed by atoms with Crippen molar-refractivity contribution in [2.45, 2.75) is 71.5 Å². The molecule has 0 saturated heterocycles. The van der Waals surface area contributed by atoms with E-state index in [2.05, 4.69) is 33.0 Å². The average molecular weight is 227 g/mol. The van der Waals surface area contributed by atoms with Gasteiger partial charge < -0.3 is 10.1 Å². The van der Waals surface area contributed by atoms with Gasteiger partial charge in [-0.25, -0.2) is 0 Å². The molecule has 0 aromatic heterocycles. The lowest BCUT2D eigenvalue weighted by Gasteiger charge is -2.34. The normalized spacial score (nSPS) is 21.6. The highest BCUT2D eigenvalue weighted by Crippen LogP contribution is 2.34. The van der Waals surface area contributed by atoms with Crippen molar-refractivity contribution < 1.29 is 4.74 Å². The number of hydrogen-bond acceptors (Lipinski definition) is 2. The second kappa shape index (κ2) is 6.61. The Balaban J connectivity index is 2.44. The Bertz CT molecular complexity index is 185. The van der Waals surface area contributed by atoms with Crippen LogP contribution in [0.4, 0.5) is 0 Å². The topological polar surface area (TPSA) is 21.3 Å². The van der Waals surface area contributed by atoms with Crippen LogP contribution in [0.3, 0.4) is 0 Å². The van der Waals surface area contributed by atoms with Crippen molar-refractivity contribution in [3.63, 3.8) is 0 Å². The van der Waals surface area contributed by atoms with Crippen molar-refractivity contribution in [3.05, 3.63) is 0 Å². The van der Waals surface area contributed by atoms with E-state index in [0.29, 0.717) is 12.0 Å². The molecule has 1 rings (SSSR count). The van der Waals surface area contributed by atoms with Crippen LogP contribution in [0.1, 0.15) is 59.8 Å². The molecule has 0 aromatic carbocycles. The van der Waals surface area contributed by atoms with Gasteiger partial charge in [0.1, 0.15) is 0 Å². The Morgan fingerprint density at radius 2 is 1.81 bits per heavy atom. The summed E-state index contributed by atoms with van der Waals surface area (Å²) in [5.74, 6) is 0.614. The highest BCUT2D eigenvalue weighted by molar-refractivity contribution is 4.89. The SMILES string of the molecule is CCCNCC1(OC(C)C(C)C)CCCC1. The van der Waals surface area contributed by atoms with Crippen molar-refractivity contribution >= 4 is 0 Å². The minimum Gasteiger partial charge on any atom is -0.370 e. The summed E-state index contributed by atoms with van der Waals surface area (Å²) in [6, 6.07) is 0. The molecule has 1 fully saturated rings. The van der Waals surface area contributed by atoms with Crippen LogP contribution in [0, 0.1) is 5.92 Å². The molecule has 0 spiro atoms. The van der Waals surface area contributed by atoms with E-state index in [1.54, 1.807) is 0 Å². The van der Waals surface area contributed by atoms with Crippen molar-refractivity contribution in [2.75, 3.05) is 13.1 Å². The third-order valence-electron chi connectivity index (χ3n) is 3.76. The number of nitrogens with one attached hydrogen (secondary N) is 1. The van der Waals surface area contributed by atoms with Gasteiger partial charge in [0.25, 0.3) is 0 Å². The van der Waals surface area contributed by atoms with Crippen LogP contribution in [-0.4, -0.2) is 24.8 Å². The van der Waals surface area contributed by atoms with Gasteiger partial charge in [-0.15, -0.1) is 0 Å². The van der Waals surface area contributed by atoms with Gasteiger partial charge >= 0.3 is 0 Å². The highest BCUT2D eigenvalue weighted by Gasteiger charge is 2.36. The lowest BCUT2D eigenvalue weighted by molar-refractivity contribution is -0.0972. The Hall–Kier alpha value is -0.0800. The van der Waals surface area contributed by atoms with Gasteiger partial charge in [-0.2, -0.15) is 0 Å². The fourth-order valence-electron chi connectivity index (χ4n) is 2.38. The second-order valence-corrected chi connectivity index (χ2v) is 5.63. The lowest BCUT2D eigenvalue weighted by Crippen LogP contribution is -2.44. The van der Waals surface area contributed by atoms with Crippen molar-refractivity contribution in [1.82, 2.24) is 5.32 Å². The van der Waals surface area contributed by atoms with Gasteiger partial charge in [-0.1, -0.05) is 33.6 Å². The molecular weight excluding hydrogens is 198 g/mol. The van der Waals surface area contributed by atoms with Gasteiger partial charge in [0.15, 0.2) is 0 Å². The van der Waals surface area contributed by atoms with E-state index >= 15 is 0 Å². The summed E-state index contributed by atoms with van der Waals surface area (Å²) < 4.78 is 6.34. The molecule has 1 saturated carbocycles. The van der Waals surface area contributed by atoms with Crippen molar-refractivity contribution in [3.8, 4) is 0 Å². The average Bonchev–Trinajstić information content (AvgIpc) is 2.67. The van der Waals surface area contributed by atoms with E-state index in [1.165, 1.54) is 32.1 Å². The predicted octanol–water partition coefficient (Wildman–Crippen LogP) is 3.36. The zero-order chi connectivity index (χ0) is 12.0. The van der Waals surface area contributed by atoms with Crippen molar-refractivity contribution in [1.29, 1.82) is 0 Å². The highest BCUT2D eigenvalue weighted by atomic mass is 16.5. The smallest absolute Gasteiger partial charge is 0.0810 e. The lowest BCUT2D eigenvalue weighted by atomic mass is 10.00. The molecule has 0 aliphatic heterocycles. The Labute approximate surface area is 101 Å². The summed E-state index contributed by atoms with van der Waals surface area (Å²) in [7, 11) is 0. The maximum absolute atomic E-state index is 6.34. The molecule has 16 heavy (non-hydrogen) atoms. The van der Waals surface area contributed by atoms with Crippen LogP contribution in [0.15, 0.2) is 0 Å². The van der Waals surface area contributed by atoms with E-state index in [0.717, 1.165) is 13.1 Å². The molecule has 1 N–H and O–H groups in total. The van der Waals surface area contributed by atoms with Gasteiger partial charge in [0.05, 0.1) is 11.7 Å². The second-order valence-electron chi connectivity index (χ2n) is 5.63. The molecular formula is C14H29NO. The zero-order valence-corrected chi connectivity index (χ0v) is 11.5. The molecule has 0 amide bonds. The Morgan fingerprint density at radius 1 is 1.19 bits per heavy atom. The Kier molecular flexibility index (Phi) is 5.77. The molecule has 2 heteroatoms. The van der Waals surface area contributed by atoms with Crippen LogP contribution < -0.4 is 5.32 Å². The van der Waals surface area contributed by atoms with Gasteiger partial charge in [0, 0.05) is 6.54 Å². The summed E-state index contributed by atoms with van der Waals surface area (Å²) in [6.45, 7) is 11.1. The molecule has 0 bridgehead atoms. The fourth-order valence-corrected chi connectivity index (χ4v) is 2.38. The molecule has 96 valence electrons. The van der Waals surface area contributed by atoms with Crippen molar-refractivity contribution in [2.24, 2.45) is 5.92 Å². The van der Waals surface area contributed by atoms with E-state index in [1.807, 2.05) is 0 Å². The van der Waals surface area contributed by atoms with E-state index in [-0.39, 0.29) is 5.60 Å². The van der Waals surface area contributed by atoms with Crippen LogP contribution in [0.25, 0.3) is 0 Å². The first-order valence-electron chi connectivity index (χ1n) is 6.98. The third kappa shape index (κ3) is 4.06. The summed E-state index contributed by atoms with van der Waals surface area (Å²) in [5, 5.41) is 3.54. The molecule has 0 heterocycles. The summed E-state index contributed by atoms with van der Waals surface area (Å²) in [5.41, 5.74) is 0.138. The predicted molar refractivity (Wildman–Crippen MR) is 69.7 cm³/mol. The molecule has 0 aromatic rings. The quantitative estimate of drug-likeness (QED) is 0.673. The van der Waals surface area contributed by atoms with Crippen LogP contribution in [-0.2, 0) is 4.74 Å². The number of rotatable bonds is 7. The van der Waals surface area contributed by atoms with Crippen LogP contribution in [0.5, 0.6) is 0 Å². The van der Waals surface area contributed by atoms with Crippen LogP contribution in [0.2, 0.25) is 0 Å². The largest absolute Gasteiger partial charge is 0.370 e. The molecule has 0 radical (unpaired) electrons. The van der Waals surface area contributed by atoms with E-state index < -0.39 is 0 Å². The summed E-state index contributed by atoms with van der Waals surface area (Å²) in [4.78, 5) is 0. The van der Waals surface area contributed by atoms with E-state index in [4.69, 9.17) is 4.74 Å². The van der Waals surface area contributed by atoms with E-state index in [9.17, 15) is 0 Å². The molecule has 2 nitrogen and oxygen atoms in total. The number of ether oxygens (including phenoxy) is 1. The first kappa shape index (κ1) is 14.0. The summed E-state index contributed by atoms with van der Waals surface area (Å²) in [6.07, 6.45) is 6.72. The minimum atomic E-state index is 0.138. The monoisotopic (exact) mass is 227 g/mol. The number of hydrogen-bond donors (Lipinski definition) is 1. The molecule has 1 aliphatic carbocycles. The summed E-state index contributed by atoms with van der Waals surface area (Å²) >= 11 is 0. The first-order valence-corrected chi connectivity index (χ1v) is 6.98. The fraction of sp³-hybridized carbons (Fsp3) is 1.00. The standard InChI is InChI=1S/C14H29NO/c1-5-10-15-11-14(8-6-7-9-14)16-13(4)12(2)3/h12-13,15H,5-11H2,1-4H3. The van der Waals surface area contributed by atoms with Gasteiger partial charge in [-0.3, -0.25) is 0 Å².